The van der Waals surface area contributed by atoms with Crippen LogP contribution in [0.5, 0.6) is 0 Å². The second-order valence-electron chi connectivity index (χ2n) is 5.88. The number of hydrogen-bond donors (Lipinski definition) is 2. The molecule has 128 valence electrons. The lowest BCUT2D eigenvalue weighted by Gasteiger charge is -2.49. The van der Waals surface area contributed by atoms with E-state index >= 15 is 0 Å². The number of carboxylic acid groups (broad SMARTS) is 1. The quantitative estimate of drug-likeness (QED) is 0.461. The van der Waals surface area contributed by atoms with Crippen LogP contribution in [0.2, 0.25) is 0 Å². The first-order valence-corrected chi connectivity index (χ1v) is 8.80. The molecule has 1 amide bonds. The molecule has 0 aromatic carbocycles. The lowest BCUT2D eigenvalue weighted by atomic mass is 10.0. The van der Waals surface area contributed by atoms with Crippen LogP contribution in [-0.4, -0.2) is 45.7 Å². The number of hydrogen-bond acceptors (Lipinski definition) is 6. The minimum atomic E-state index is -1.34. The second-order valence-corrected chi connectivity index (χ2v) is 6.99. The number of thioether (sulfide) groups is 1. The molecule has 1 saturated heterocycles. The van der Waals surface area contributed by atoms with Crippen molar-refractivity contribution in [3.63, 3.8) is 0 Å². The van der Waals surface area contributed by atoms with Gasteiger partial charge in [0.1, 0.15) is 11.4 Å². The van der Waals surface area contributed by atoms with Crippen LogP contribution in [0.4, 0.5) is 0 Å². The number of rotatable bonds is 6. The zero-order chi connectivity index (χ0) is 17.3. The summed E-state index contributed by atoms with van der Waals surface area (Å²) >= 11 is 1.48. The number of amides is 1. The molecule has 3 heterocycles. The summed E-state index contributed by atoms with van der Waals surface area (Å²) in [5, 5.41) is 20.1. The summed E-state index contributed by atoms with van der Waals surface area (Å²) in [6.07, 6.45) is 5.24. The number of β-lactam (4-membered cyclic amide) rings is 1. The minimum Gasteiger partial charge on any atom is -0.543 e. The van der Waals surface area contributed by atoms with Gasteiger partial charge in [0.25, 0.3) is 0 Å². The predicted octanol–water partition coefficient (Wildman–Crippen LogP) is -1.85. The van der Waals surface area contributed by atoms with Gasteiger partial charge in [-0.05, 0) is 18.4 Å². The van der Waals surface area contributed by atoms with Gasteiger partial charge in [0.2, 0.25) is 5.91 Å². The van der Waals surface area contributed by atoms with Crippen molar-refractivity contribution in [3.8, 4) is 0 Å². The van der Waals surface area contributed by atoms with Crippen LogP contribution in [0.3, 0.4) is 0 Å². The Hall–Kier alpha value is -1.90. The van der Waals surface area contributed by atoms with E-state index in [0.717, 1.165) is 12.0 Å². The molecular formula is C16H19N3O4S. The van der Waals surface area contributed by atoms with Crippen LogP contribution >= 0.6 is 11.8 Å². The van der Waals surface area contributed by atoms with Crippen LogP contribution in [0.15, 0.2) is 35.8 Å². The fourth-order valence-electron chi connectivity index (χ4n) is 2.95. The molecule has 2 aliphatic rings. The van der Waals surface area contributed by atoms with E-state index in [9.17, 15) is 14.7 Å². The van der Waals surface area contributed by atoms with E-state index in [1.54, 1.807) is 0 Å². The van der Waals surface area contributed by atoms with Gasteiger partial charge in [-0.15, -0.1) is 11.8 Å². The molecule has 1 aromatic heterocycles. The summed E-state index contributed by atoms with van der Waals surface area (Å²) in [6, 6.07) is 3.25. The molecule has 3 N–H and O–H groups in total. The molecule has 1 aromatic rings. The van der Waals surface area contributed by atoms with Crippen molar-refractivity contribution in [1.82, 2.24) is 4.90 Å². The molecule has 2 aliphatic heterocycles. The van der Waals surface area contributed by atoms with E-state index in [2.05, 4.69) is 0 Å². The fraction of sp³-hybridized carbons (Fsp3) is 0.438. The Bertz CT molecular complexity index is 689. The van der Waals surface area contributed by atoms with Gasteiger partial charge in [0, 0.05) is 30.1 Å². The van der Waals surface area contributed by atoms with Gasteiger partial charge < -0.3 is 20.7 Å². The summed E-state index contributed by atoms with van der Waals surface area (Å²) in [4.78, 5) is 24.7. The maximum absolute atomic E-state index is 11.9. The van der Waals surface area contributed by atoms with E-state index in [4.69, 9.17) is 10.8 Å². The first-order chi connectivity index (χ1) is 11.5. The molecular weight excluding hydrogens is 330 g/mol. The average molecular weight is 349 g/mol. The molecule has 0 spiro atoms. The van der Waals surface area contributed by atoms with Gasteiger partial charge >= 0.3 is 0 Å². The molecule has 7 nitrogen and oxygen atoms in total. The van der Waals surface area contributed by atoms with Crippen molar-refractivity contribution in [2.24, 2.45) is 5.73 Å². The Morgan fingerprint density at radius 1 is 1.46 bits per heavy atom. The van der Waals surface area contributed by atoms with Crippen LogP contribution in [-0.2, 0) is 22.6 Å². The highest BCUT2D eigenvalue weighted by Gasteiger charge is 2.50. The molecule has 2 unspecified atom stereocenters. The smallest absolute Gasteiger partial charge is 0.248 e. The Morgan fingerprint density at radius 3 is 2.79 bits per heavy atom. The monoisotopic (exact) mass is 349 g/mol. The van der Waals surface area contributed by atoms with Crippen LogP contribution in [0.25, 0.3) is 0 Å². The van der Waals surface area contributed by atoms with Crippen LogP contribution in [0.1, 0.15) is 12.0 Å². The van der Waals surface area contributed by atoms with Crippen molar-refractivity contribution in [2.45, 2.75) is 30.8 Å². The standard InChI is InChI=1S/C16H19N3O4S/c17-12-14(21)19-13(16(22)23)11(9-24-15(12)19)8-18-5-3-10(4-6-18)2-1-7-20/h3-6,12,15,20H,1-2,7-9,17H2. The van der Waals surface area contributed by atoms with Gasteiger partial charge in [0.05, 0.1) is 11.7 Å². The Morgan fingerprint density at radius 2 is 2.17 bits per heavy atom. The van der Waals surface area contributed by atoms with Crippen LogP contribution < -0.4 is 15.4 Å². The summed E-state index contributed by atoms with van der Waals surface area (Å²) in [5.74, 6) is -1.20. The van der Waals surface area contributed by atoms with Crippen molar-refractivity contribution in [1.29, 1.82) is 0 Å². The lowest BCUT2D eigenvalue weighted by Crippen LogP contribution is -2.69. The Balaban J connectivity index is 1.79. The number of fused-ring (bicyclic) bond motifs is 1. The summed E-state index contributed by atoms with van der Waals surface area (Å²) in [7, 11) is 0. The highest BCUT2D eigenvalue weighted by atomic mass is 32.2. The summed E-state index contributed by atoms with van der Waals surface area (Å²) in [5.41, 5.74) is 7.43. The van der Waals surface area contributed by atoms with Gasteiger partial charge in [-0.1, -0.05) is 0 Å². The number of aryl methyl sites for hydroxylation is 1. The number of carboxylic acids is 1. The number of aliphatic carboxylic acids is 1. The molecule has 0 bridgehead atoms. The van der Waals surface area contributed by atoms with Gasteiger partial charge in [-0.3, -0.25) is 9.69 Å². The zero-order valence-electron chi connectivity index (χ0n) is 13.1. The fourth-order valence-corrected chi connectivity index (χ4v) is 4.24. The third kappa shape index (κ3) is 3.04. The number of pyridine rings is 1. The Kier molecular flexibility index (Phi) is 4.88. The SMILES string of the molecule is NC1C(=O)N2C(C(=O)[O-])=C(C[n+]3ccc(CCCO)cc3)CSC12. The molecule has 8 heteroatoms. The van der Waals surface area contributed by atoms with Crippen molar-refractivity contribution < 1.29 is 24.4 Å². The van der Waals surface area contributed by atoms with E-state index in [0.29, 0.717) is 24.3 Å². The van der Waals surface area contributed by atoms with Crippen molar-refractivity contribution in [3.05, 3.63) is 41.4 Å². The van der Waals surface area contributed by atoms with Crippen molar-refractivity contribution >= 4 is 23.6 Å². The topological polar surface area (TPSA) is 111 Å². The first-order valence-electron chi connectivity index (χ1n) is 7.75. The maximum Gasteiger partial charge on any atom is 0.248 e. The van der Waals surface area contributed by atoms with Crippen LogP contribution in [0, 0.1) is 0 Å². The van der Waals surface area contributed by atoms with E-state index in [-0.39, 0.29) is 23.6 Å². The number of nitrogens with two attached hydrogens (primary N) is 1. The number of aliphatic hydroxyl groups excluding tert-OH is 1. The average Bonchev–Trinajstić information content (AvgIpc) is 2.59. The molecule has 3 rings (SSSR count). The number of carbonyl (C=O) groups excluding carboxylic acids is 2. The number of aliphatic hydroxyl groups is 1. The van der Waals surface area contributed by atoms with Gasteiger partial charge in [0.15, 0.2) is 18.9 Å². The molecule has 2 atom stereocenters. The van der Waals surface area contributed by atoms with E-state index < -0.39 is 12.0 Å². The van der Waals surface area contributed by atoms with Gasteiger partial charge in [-0.2, -0.15) is 0 Å². The predicted molar refractivity (Wildman–Crippen MR) is 85.1 cm³/mol. The van der Waals surface area contributed by atoms with Crippen molar-refractivity contribution in [2.75, 3.05) is 12.4 Å². The molecule has 1 fully saturated rings. The number of carbonyl (C=O) groups is 2. The maximum atomic E-state index is 11.9. The largest absolute Gasteiger partial charge is 0.543 e. The molecule has 0 radical (unpaired) electrons. The lowest BCUT2D eigenvalue weighted by molar-refractivity contribution is -0.689. The van der Waals surface area contributed by atoms with E-state index in [1.165, 1.54) is 16.7 Å². The number of nitrogens with zero attached hydrogens (tertiary/aromatic N) is 2. The third-order valence-corrected chi connectivity index (χ3v) is 5.60. The molecule has 0 saturated carbocycles. The highest BCUT2D eigenvalue weighted by Crippen LogP contribution is 2.39. The zero-order valence-corrected chi connectivity index (χ0v) is 13.9. The third-order valence-electron chi connectivity index (χ3n) is 4.24. The normalized spacial score (nSPS) is 23.1. The highest BCUT2D eigenvalue weighted by molar-refractivity contribution is 8.00. The van der Waals surface area contributed by atoms with E-state index in [1.807, 2.05) is 29.1 Å². The summed E-state index contributed by atoms with van der Waals surface area (Å²) < 4.78 is 1.87. The molecule has 24 heavy (non-hydrogen) atoms. The first kappa shape index (κ1) is 16.9. The number of aromatic nitrogens is 1. The Labute approximate surface area is 143 Å². The second kappa shape index (κ2) is 6.92. The molecule has 0 aliphatic carbocycles. The summed E-state index contributed by atoms with van der Waals surface area (Å²) in [6.45, 7) is 0.531. The minimum absolute atomic E-state index is 0.0395. The van der Waals surface area contributed by atoms with Gasteiger partial charge in [-0.25, -0.2) is 4.57 Å².